The van der Waals surface area contributed by atoms with Gasteiger partial charge in [-0.3, -0.25) is 9.63 Å². The summed E-state index contributed by atoms with van der Waals surface area (Å²) >= 11 is 0. The third-order valence-electron chi connectivity index (χ3n) is 2.34. The van der Waals surface area contributed by atoms with Crippen molar-refractivity contribution < 1.29 is 9.63 Å². The Hall–Kier alpha value is -0.410. The summed E-state index contributed by atoms with van der Waals surface area (Å²) < 4.78 is 0. The van der Waals surface area contributed by atoms with E-state index in [4.69, 9.17) is 10.7 Å². The van der Waals surface area contributed by atoms with Crippen LogP contribution in [-0.2, 0) is 9.63 Å². The smallest absolute Gasteiger partial charge is 0.141 e. The van der Waals surface area contributed by atoms with Crippen molar-refractivity contribution in [1.82, 2.24) is 0 Å². The molecule has 0 aliphatic rings. The van der Waals surface area contributed by atoms with E-state index in [1.54, 1.807) is 0 Å². The van der Waals surface area contributed by atoms with Gasteiger partial charge in [-0.25, -0.2) is 5.90 Å². The lowest BCUT2D eigenvalue weighted by Crippen LogP contribution is -2.41. The molecule has 3 nitrogen and oxygen atoms in total. The van der Waals surface area contributed by atoms with Crippen LogP contribution in [0.15, 0.2) is 0 Å². The number of carbonyl (C=O) groups excluding carboxylic acids is 1. The minimum atomic E-state index is -0.568. The van der Waals surface area contributed by atoms with Crippen molar-refractivity contribution in [3.63, 3.8) is 0 Å². The van der Waals surface area contributed by atoms with E-state index in [1.807, 2.05) is 34.6 Å². The quantitative estimate of drug-likeness (QED) is 0.656. The molecule has 0 heterocycles. The lowest BCUT2D eigenvalue weighted by molar-refractivity contribution is -0.137. The molecule has 0 aliphatic heterocycles. The van der Waals surface area contributed by atoms with Crippen LogP contribution in [0.3, 0.4) is 0 Å². The first-order chi connectivity index (χ1) is 5.33. The highest BCUT2D eigenvalue weighted by Crippen LogP contribution is 2.22. The van der Waals surface area contributed by atoms with Gasteiger partial charge >= 0.3 is 0 Å². The van der Waals surface area contributed by atoms with Crippen LogP contribution in [0.25, 0.3) is 0 Å². The molecule has 0 amide bonds. The maximum Gasteiger partial charge on any atom is 0.141 e. The van der Waals surface area contributed by atoms with E-state index >= 15 is 0 Å². The summed E-state index contributed by atoms with van der Waals surface area (Å²) in [5, 5.41) is 0. The fourth-order valence-corrected chi connectivity index (χ4v) is 0.945. The Labute approximate surface area is 74.2 Å². The Kier molecular flexibility index (Phi) is 3.87. The van der Waals surface area contributed by atoms with Gasteiger partial charge in [0.2, 0.25) is 0 Å². The summed E-state index contributed by atoms with van der Waals surface area (Å²) in [6.45, 7) is 9.24. The molecule has 0 aromatic carbocycles. The maximum absolute atomic E-state index is 11.5. The molecule has 2 N–H and O–H groups in total. The Morgan fingerprint density at radius 1 is 1.33 bits per heavy atom. The molecule has 0 rings (SSSR count). The fraction of sp³-hybridized carbons (Fsp3) is 0.889. The molecule has 0 aliphatic carbocycles. The van der Waals surface area contributed by atoms with Gasteiger partial charge in [-0.1, -0.05) is 20.8 Å². The third-order valence-corrected chi connectivity index (χ3v) is 2.34. The van der Waals surface area contributed by atoms with Crippen LogP contribution in [0.2, 0.25) is 0 Å². The highest BCUT2D eigenvalue weighted by atomic mass is 16.6. The molecule has 0 bridgehead atoms. The van der Waals surface area contributed by atoms with Crippen molar-refractivity contribution in [1.29, 1.82) is 0 Å². The molecule has 72 valence electrons. The molecular formula is C9H19NO2. The van der Waals surface area contributed by atoms with Gasteiger partial charge in [-0.05, 0) is 13.8 Å². The Balaban J connectivity index is 4.38. The zero-order valence-electron chi connectivity index (χ0n) is 8.55. The second-order valence-corrected chi connectivity index (χ2v) is 4.00. The Morgan fingerprint density at radius 2 is 1.75 bits per heavy atom. The molecule has 0 saturated carbocycles. The number of hydrogen-bond acceptors (Lipinski definition) is 3. The van der Waals surface area contributed by atoms with Gasteiger partial charge in [-0.15, -0.1) is 0 Å². The van der Waals surface area contributed by atoms with Crippen LogP contribution in [-0.4, -0.2) is 11.4 Å². The first-order valence-corrected chi connectivity index (χ1v) is 4.24. The second kappa shape index (κ2) is 4.01. The van der Waals surface area contributed by atoms with Crippen molar-refractivity contribution >= 4 is 5.78 Å². The molecule has 0 aromatic rings. The number of rotatable bonds is 4. The zero-order chi connectivity index (χ0) is 9.94. The summed E-state index contributed by atoms with van der Waals surface area (Å²) in [7, 11) is 0. The molecule has 0 spiro atoms. The van der Waals surface area contributed by atoms with Crippen LogP contribution in [0.5, 0.6) is 0 Å². The third kappa shape index (κ3) is 2.57. The van der Waals surface area contributed by atoms with E-state index in [0.29, 0.717) is 0 Å². The molecule has 0 radical (unpaired) electrons. The van der Waals surface area contributed by atoms with Crippen molar-refractivity contribution in [3.05, 3.63) is 0 Å². The van der Waals surface area contributed by atoms with Crippen LogP contribution in [0, 0.1) is 11.8 Å². The van der Waals surface area contributed by atoms with E-state index < -0.39 is 5.60 Å². The fourth-order valence-electron chi connectivity index (χ4n) is 0.945. The summed E-state index contributed by atoms with van der Waals surface area (Å²) in [6.07, 6.45) is 0. The van der Waals surface area contributed by atoms with E-state index in [2.05, 4.69) is 0 Å². The van der Waals surface area contributed by atoms with Crippen LogP contribution < -0.4 is 5.90 Å². The maximum atomic E-state index is 11.5. The van der Waals surface area contributed by atoms with E-state index in [9.17, 15) is 4.79 Å². The predicted molar refractivity (Wildman–Crippen MR) is 48.4 cm³/mol. The lowest BCUT2D eigenvalue weighted by atomic mass is 9.84. The topological polar surface area (TPSA) is 52.3 Å². The molecule has 0 fully saturated rings. The first-order valence-electron chi connectivity index (χ1n) is 4.24. The summed E-state index contributed by atoms with van der Waals surface area (Å²) in [4.78, 5) is 16.3. The van der Waals surface area contributed by atoms with E-state index in [0.717, 1.165) is 0 Å². The van der Waals surface area contributed by atoms with Crippen molar-refractivity contribution in [2.45, 2.75) is 40.2 Å². The monoisotopic (exact) mass is 173 g/mol. The Morgan fingerprint density at radius 3 is 2.00 bits per heavy atom. The van der Waals surface area contributed by atoms with Crippen molar-refractivity contribution in [3.8, 4) is 0 Å². The standard InChI is InChI=1S/C9H19NO2/c1-6(2)8(11)7(3)9(4,5)12-10/h6-7H,10H2,1-5H3. The first kappa shape index (κ1) is 11.6. The summed E-state index contributed by atoms with van der Waals surface area (Å²) in [6, 6.07) is 0. The minimum absolute atomic E-state index is 0.0365. The highest BCUT2D eigenvalue weighted by Gasteiger charge is 2.32. The molecular weight excluding hydrogens is 154 g/mol. The zero-order valence-corrected chi connectivity index (χ0v) is 8.55. The highest BCUT2D eigenvalue weighted by molar-refractivity contribution is 5.83. The lowest BCUT2D eigenvalue weighted by Gasteiger charge is -2.29. The van der Waals surface area contributed by atoms with Gasteiger partial charge in [0.25, 0.3) is 0 Å². The van der Waals surface area contributed by atoms with E-state index in [-0.39, 0.29) is 17.6 Å². The SMILES string of the molecule is CC(C)C(=O)C(C)C(C)(C)ON. The van der Waals surface area contributed by atoms with Gasteiger partial charge in [-0.2, -0.15) is 0 Å². The number of Topliss-reactive ketones (excluding diaryl/α,β-unsaturated/α-hetero) is 1. The molecule has 1 atom stereocenters. The molecule has 12 heavy (non-hydrogen) atoms. The Bertz CT molecular complexity index is 164. The minimum Gasteiger partial charge on any atom is -0.299 e. The number of carbonyl (C=O) groups is 1. The van der Waals surface area contributed by atoms with Gasteiger partial charge in [0.1, 0.15) is 5.78 Å². The van der Waals surface area contributed by atoms with Crippen LogP contribution >= 0.6 is 0 Å². The average molecular weight is 173 g/mol. The second-order valence-electron chi connectivity index (χ2n) is 4.00. The largest absolute Gasteiger partial charge is 0.299 e. The number of nitrogens with two attached hydrogens (primary N) is 1. The average Bonchev–Trinajstić information content (AvgIpc) is 2.01. The van der Waals surface area contributed by atoms with E-state index in [1.165, 1.54) is 0 Å². The molecule has 1 unspecified atom stereocenters. The van der Waals surface area contributed by atoms with Crippen molar-refractivity contribution in [2.75, 3.05) is 0 Å². The van der Waals surface area contributed by atoms with Gasteiger partial charge in [0.05, 0.1) is 5.60 Å². The van der Waals surface area contributed by atoms with Gasteiger partial charge < -0.3 is 0 Å². The van der Waals surface area contributed by atoms with Crippen molar-refractivity contribution in [2.24, 2.45) is 17.7 Å². The number of ketones is 1. The van der Waals surface area contributed by atoms with Crippen LogP contribution in [0.4, 0.5) is 0 Å². The molecule has 0 aromatic heterocycles. The molecule has 0 saturated heterocycles. The van der Waals surface area contributed by atoms with Gasteiger partial charge in [0, 0.05) is 11.8 Å². The normalized spacial score (nSPS) is 14.9. The summed E-state index contributed by atoms with van der Waals surface area (Å²) in [5.41, 5.74) is -0.568. The van der Waals surface area contributed by atoms with Gasteiger partial charge in [0.15, 0.2) is 0 Å². The van der Waals surface area contributed by atoms with Crippen LogP contribution in [0.1, 0.15) is 34.6 Å². The summed E-state index contributed by atoms with van der Waals surface area (Å²) in [5.74, 6) is 5.15. The predicted octanol–water partition coefficient (Wildman–Crippen LogP) is 1.52. The number of hydrogen-bond donors (Lipinski definition) is 1. The molecule has 3 heteroatoms.